The van der Waals surface area contributed by atoms with E-state index in [1.165, 1.54) is 5.56 Å². The summed E-state index contributed by atoms with van der Waals surface area (Å²) in [5, 5.41) is 0. The predicted molar refractivity (Wildman–Crippen MR) is 98.3 cm³/mol. The highest BCUT2D eigenvalue weighted by Gasteiger charge is 2.08. The summed E-state index contributed by atoms with van der Waals surface area (Å²) in [5.41, 5.74) is 2.35. The zero-order valence-corrected chi connectivity index (χ0v) is 14.9. The lowest BCUT2D eigenvalue weighted by Crippen LogP contribution is -2.23. The number of Topliss-reactive ketones (excluding diaryl/α,β-unsaturated/α-hetero) is 1. The molecule has 0 saturated carbocycles. The molecule has 3 nitrogen and oxygen atoms in total. The van der Waals surface area contributed by atoms with Gasteiger partial charge < -0.3 is 4.74 Å². The second-order valence-electron chi connectivity index (χ2n) is 6.51. The lowest BCUT2D eigenvalue weighted by molar-refractivity contribution is -0.121. The van der Waals surface area contributed by atoms with E-state index in [0.29, 0.717) is 13.0 Å². The Morgan fingerprint density at radius 3 is 2.29 bits per heavy atom. The van der Waals surface area contributed by atoms with Crippen LogP contribution >= 0.6 is 0 Å². The first-order chi connectivity index (χ1) is 11.5. The summed E-state index contributed by atoms with van der Waals surface area (Å²) in [6.45, 7) is 6.30. The Balaban J connectivity index is 1.73. The summed E-state index contributed by atoms with van der Waals surface area (Å²) in [5.74, 6) is 1.20. The van der Waals surface area contributed by atoms with Crippen molar-refractivity contribution in [2.75, 3.05) is 20.2 Å². The normalized spacial score (nSPS) is 11.0. The SMILES string of the molecule is CC(C)C(=O)Cc1ccc(OCCN(C)Cc2ccccc2)cc1. The molecule has 128 valence electrons. The van der Waals surface area contributed by atoms with Gasteiger partial charge in [0.2, 0.25) is 0 Å². The third kappa shape index (κ3) is 6.17. The van der Waals surface area contributed by atoms with Gasteiger partial charge in [0.15, 0.2) is 0 Å². The number of ether oxygens (including phenoxy) is 1. The number of ketones is 1. The van der Waals surface area contributed by atoms with Crippen molar-refractivity contribution in [2.24, 2.45) is 5.92 Å². The fourth-order valence-electron chi connectivity index (χ4n) is 2.40. The fraction of sp³-hybridized carbons (Fsp3) is 0.381. The van der Waals surface area contributed by atoms with E-state index in [1.54, 1.807) is 0 Å². The first-order valence-electron chi connectivity index (χ1n) is 8.51. The fourth-order valence-corrected chi connectivity index (χ4v) is 2.40. The molecule has 2 aromatic rings. The third-order valence-corrected chi connectivity index (χ3v) is 3.98. The topological polar surface area (TPSA) is 29.5 Å². The number of nitrogens with zero attached hydrogens (tertiary/aromatic N) is 1. The van der Waals surface area contributed by atoms with Crippen LogP contribution in [0.2, 0.25) is 0 Å². The summed E-state index contributed by atoms with van der Waals surface area (Å²) in [6, 6.07) is 18.3. The molecule has 0 fully saturated rings. The van der Waals surface area contributed by atoms with Crippen molar-refractivity contribution < 1.29 is 9.53 Å². The van der Waals surface area contributed by atoms with Crippen molar-refractivity contribution in [3.8, 4) is 5.75 Å². The van der Waals surface area contributed by atoms with Gasteiger partial charge in [0.1, 0.15) is 18.1 Å². The van der Waals surface area contributed by atoms with Crippen molar-refractivity contribution in [3.05, 3.63) is 65.7 Å². The standard InChI is InChI=1S/C21H27NO2/c1-17(2)21(23)15-18-9-11-20(12-10-18)24-14-13-22(3)16-19-7-5-4-6-8-19/h4-12,17H,13-16H2,1-3H3. The van der Waals surface area contributed by atoms with Gasteiger partial charge in [0.25, 0.3) is 0 Å². The van der Waals surface area contributed by atoms with Crippen molar-refractivity contribution in [1.29, 1.82) is 0 Å². The quantitative estimate of drug-likeness (QED) is 0.699. The Morgan fingerprint density at radius 1 is 1.00 bits per heavy atom. The van der Waals surface area contributed by atoms with Gasteiger partial charge in [-0.05, 0) is 30.3 Å². The zero-order valence-electron chi connectivity index (χ0n) is 14.9. The van der Waals surface area contributed by atoms with Crippen LogP contribution in [-0.2, 0) is 17.8 Å². The molecule has 0 bridgehead atoms. The van der Waals surface area contributed by atoms with Gasteiger partial charge in [0.05, 0.1) is 0 Å². The second kappa shape index (κ2) is 9.24. The molecule has 0 amide bonds. The molecule has 0 aliphatic rings. The Bertz CT molecular complexity index is 620. The minimum Gasteiger partial charge on any atom is -0.492 e. The van der Waals surface area contributed by atoms with Crippen molar-refractivity contribution >= 4 is 5.78 Å². The lowest BCUT2D eigenvalue weighted by atomic mass is 10.0. The smallest absolute Gasteiger partial charge is 0.139 e. The highest BCUT2D eigenvalue weighted by molar-refractivity contribution is 5.82. The number of hydrogen-bond acceptors (Lipinski definition) is 3. The van der Waals surface area contributed by atoms with E-state index in [0.717, 1.165) is 24.4 Å². The largest absolute Gasteiger partial charge is 0.492 e. The molecule has 0 aliphatic heterocycles. The van der Waals surface area contributed by atoms with Crippen LogP contribution in [-0.4, -0.2) is 30.9 Å². The summed E-state index contributed by atoms with van der Waals surface area (Å²) in [6.07, 6.45) is 0.498. The first-order valence-corrected chi connectivity index (χ1v) is 8.51. The van der Waals surface area contributed by atoms with E-state index >= 15 is 0 Å². The van der Waals surface area contributed by atoms with E-state index in [1.807, 2.05) is 44.2 Å². The van der Waals surface area contributed by atoms with E-state index < -0.39 is 0 Å². The van der Waals surface area contributed by atoms with Crippen LogP contribution < -0.4 is 4.74 Å². The lowest BCUT2D eigenvalue weighted by Gasteiger charge is -2.17. The van der Waals surface area contributed by atoms with Gasteiger partial charge in [0, 0.05) is 25.4 Å². The van der Waals surface area contributed by atoms with Gasteiger partial charge in [-0.3, -0.25) is 9.69 Å². The predicted octanol–water partition coefficient (Wildman–Crippen LogP) is 3.97. The maximum absolute atomic E-state index is 11.8. The van der Waals surface area contributed by atoms with E-state index in [4.69, 9.17) is 4.74 Å². The van der Waals surface area contributed by atoms with Gasteiger partial charge in [-0.25, -0.2) is 0 Å². The highest BCUT2D eigenvalue weighted by Crippen LogP contribution is 2.14. The average Bonchev–Trinajstić information content (AvgIpc) is 2.57. The van der Waals surface area contributed by atoms with E-state index in [9.17, 15) is 4.79 Å². The molecule has 0 aromatic heterocycles. The minimum atomic E-state index is 0.0843. The molecular formula is C21H27NO2. The molecule has 0 N–H and O–H groups in total. The molecule has 2 rings (SSSR count). The van der Waals surface area contributed by atoms with Crippen LogP contribution in [0.5, 0.6) is 5.75 Å². The molecule has 0 saturated heterocycles. The third-order valence-electron chi connectivity index (χ3n) is 3.98. The molecule has 0 atom stereocenters. The first kappa shape index (κ1) is 18.2. The van der Waals surface area contributed by atoms with Crippen LogP contribution in [0.15, 0.2) is 54.6 Å². The Hall–Kier alpha value is -2.13. The average molecular weight is 325 g/mol. The van der Waals surface area contributed by atoms with E-state index in [-0.39, 0.29) is 11.7 Å². The molecular weight excluding hydrogens is 298 g/mol. The minimum absolute atomic E-state index is 0.0843. The molecule has 0 heterocycles. The molecule has 3 heteroatoms. The summed E-state index contributed by atoms with van der Waals surface area (Å²) >= 11 is 0. The number of hydrogen-bond donors (Lipinski definition) is 0. The second-order valence-corrected chi connectivity index (χ2v) is 6.51. The molecule has 2 aromatic carbocycles. The van der Waals surface area contributed by atoms with Gasteiger partial charge in [-0.2, -0.15) is 0 Å². The summed E-state index contributed by atoms with van der Waals surface area (Å²) in [4.78, 5) is 14.0. The van der Waals surface area contributed by atoms with Crippen molar-refractivity contribution in [3.63, 3.8) is 0 Å². The maximum Gasteiger partial charge on any atom is 0.139 e. The molecule has 0 spiro atoms. The van der Waals surface area contributed by atoms with Gasteiger partial charge >= 0.3 is 0 Å². The highest BCUT2D eigenvalue weighted by atomic mass is 16.5. The van der Waals surface area contributed by atoms with Crippen LogP contribution in [0, 0.1) is 5.92 Å². The Morgan fingerprint density at radius 2 is 1.67 bits per heavy atom. The number of likely N-dealkylation sites (N-methyl/N-ethyl adjacent to an activating group) is 1. The van der Waals surface area contributed by atoms with Crippen LogP contribution in [0.1, 0.15) is 25.0 Å². The van der Waals surface area contributed by atoms with E-state index in [2.05, 4.69) is 36.2 Å². The maximum atomic E-state index is 11.8. The molecule has 0 unspecified atom stereocenters. The number of rotatable bonds is 9. The Labute approximate surface area is 145 Å². The van der Waals surface area contributed by atoms with Gasteiger partial charge in [-0.15, -0.1) is 0 Å². The number of benzene rings is 2. The van der Waals surface area contributed by atoms with Crippen LogP contribution in [0.4, 0.5) is 0 Å². The van der Waals surface area contributed by atoms with Crippen LogP contribution in [0.3, 0.4) is 0 Å². The van der Waals surface area contributed by atoms with Crippen molar-refractivity contribution in [2.45, 2.75) is 26.8 Å². The van der Waals surface area contributed by atoms with Crippen LogP contribution in [0.25, 0.3) is 0 Å². The molecule has 24 heavy (non-hydrogen) atoms. The number of carbonyl (C=O) groups excluding carboxylic acids is 1. The zero-order chi connectivity index (χ0) is 17.4. The van der Waals surface area contributed by atoms with Gasteiger partial charge in [-0.1, -0.05) is 56.3 Å². The summed E-state index contributed by atoms with van der Waals surface area (Å²) in [7, 11) is 2.09. The Kier molecular flexibility index (Phi) is 7.01. The number of carbonyl (C=O) groups is 1. The monoisotopic (exact) mass is 325 g/mol. The van der Waals surface area contributed by atoms with Crippen molar-refractivity contribution in [1.82, 2.24) is 4.90 Å². The molecule has 0 aliphatic carbocycles. The summed E-state index contributed by atoms with van der Waals surface area (Å²) < 4.78 is 5.80. The molecule has 0 radical (unpaired) electrons.